The predicted octanol–water partition coefficient (Wildman–Crippen LogP) is 3.68. The number of benzene rings is 2. The molecule has 0 bridgehead atoms. The number of para-hydroxylation sites is 1. The van der Waals surface area contributed by atoms with E-state index in [1.54, 1.807) is 5.38 Å². The third-order valence-electron chi connectivity index (χ3n) is 5.55. The van der Waals surface area contributed by atoms with Crippen LogP contribution in [0.4, 0.5) is 5.69 Å². The Labute approximate surface area is 186 Å². The van der Waals surface area contributed by atoms with Crippen molar-refractivity contribution in [2.75, 3.05) is 18.4 Å². The van der Waals surface area contributed by atoms with Crippen LogP contribution < -0.4 is 11.1 Å². The van der Waals surface area contributed by atoms with Crippen LogP contribution in [0.25, 0.3) is 0 Å². The molecule has 4 rings (SSSR count). The SMILES string of the molecule is NC(=O)C1CCCN(Cc2ccccc2NC(=O)c2csc(Cc3ccccc3)n2)C1. The van der Waals surface area contributed by atoms with Crippen LogP contribution in [0.15, 0.2) is 60.0 Å². The summed E-state index contributed by atoms with van der Waals surface area (Å²) in [6.07, 6.45) is 2.51. The molecule has 1 aliphatic heterocycles. The molecule has 160 valence electrons. The highest BCUT2D eigenvalue weighted by Gasteiger charge is 2.24. The first-order chi connectivity index (χ1) is 15.1. The minimum absolute atomic E-state index is 0.103. The number of primary amides is 1. The fourth-order valence-corrected chi connectivity index (χ4v) is 4.71. The number of hydrogen-bond acceptors (Lipinski definition) is 5. The molecule has 1 aliphatic rings. The number of rotatable bonds is 7. The van der Waals surface area contributed by atoms with E-state index >= 15 is 0 Å². The summed E-state index contributed by atoms with van der Waals surface area (Å²) in [7, 11) is 0. The molecule has 0 saturated carbocycles. The Morgan fingerprint density at radius 2 is 1.90 bits per heavy atom. The first kappa shape index (κ1) is 21.2. The van der Waals surface area contributed by atoms with E-state index in [0.29, 0.717) is 25.2 Å². The molecule has 1 fully saturated rings. The molecule has 1 unspecified atom stereocenters. The zero-order valence-corrected chi connectivity index (χ0v) is 18.1. The number of carbonyl (C=O) groups is 2. The molecule has 3 N–H and O–H groups in total. The maximum atomic E-state index is 12.8. The lowest BCUT2D eigenvalue weighted by Crippen LogP contribution is -2.40. The van der Waals surface area contributed by atoms with Crippen LogP contribution in [0.2, 0.25) is 0 Å². The van der Waals surface area contributed by atoms with E-state index in [0.717, 1.165) is 35.6 Å². The predicted molar refractivity (Wildman–Crippen MR) is 123 cm³/mol. The number of aromatic nitrogens is 1. The van der Waals surface area contributed by atoms with Gasteiger partial charge in [0.2, 0.25) is 5.91 Å². The van der Waals surface area contributed by atoms with Crippen molar-refractivity contribution in [1.29, 1.82) is 0 Å². The third-order valence-corrected chi connectivity index (χ3v) is 6.40. The highest BCUT2D eigenvalue weighted by Crippen LogP contribution is 2.23. The van der Waals surface area contributed by atoms with Crippen LogP contribution >= 0.6 is 11.3 Å². The van der Waals surface area contributed by atoms with Crippen molar-refractivity contribution >= 4 is 28.8 Å². The number of thiazole rings is 1. The second-order valence-electron chi connectivity index (χ2n) is 7.88. The first-order valence-corrected chi connectivity index (χ1v) is 11.4. The number of likely N-dealkylation sites (tertiary alicyclic amines) is 1. The molecule has 7 heteroatoms. The van der Waals surface area contributed by atoms with Crippen molar-refractivity contribution < 1.29 is 9.59 Å². The molecule has 3 aromatic rings. The summed E-state index contributed by atoms with van der Waals surface area (Å²) in [4.78, 5) is 31.1. The summed E-state index contributed by atoms with van der Waals surface area (Å²) in [5, 5.41) is 5.73. The number of carbonyl (C=O) groups excluding carboxylic acids is 2. The van der Waals surface area contributed by atoms with Gasteiger partial charge in [-0.2, -0.15) is 0 Å². The van der Waals surface area contributed by atoms with E-state index in [1.807, 2.05) is 42.5 Å². The van der Waals surface area contributed by atoms with E-state index in [4.69, 9.17) is 5.73 Å². The summed E-state index contributed by atoms with van der Waals surface area (Å²) in [5.41, 5.74) is 8.89. The van der Waals surface area contributed by atoms with Crippen LogP contribution in [0, 0.1) is 5.92 Å². The van der Waals surface area contributed by atoms with Gasteiger partial charge in [0.05, 0.1) is 10.9 Å². The summed E-state index contributed by atoms with van der Waals surface area (Å²) >= 11 is 1.49. The summed E-state index contributed by atoms with van der Waals surface area (Å²) in [6.45, 7) is 2.24. The Bertz CT molecular complexity index is 1050. The van der Waals surface area contributed by atoms with E-state index < -0.39 is 0 Å². The lowest BCUT2D eigenvalue weighted by Gasteiger charge is -2.31. The highest BCUT2D eigenvalue weighted by atomic mass is 32.1. The van der Waals surface area contributed by atoms with Gasteiger partial charge in [-0.05, 0) is 36.6 Å². The van der Waals surface area contributed by atoms with Crippen molar-refractivity contribution in [2.45, 2.75) is 25.8 Å². The maximum Gasteiger partial charge on any atom is 0.275 e. The fraction of sp³-hybridized carbons (Fsp3) is 0.292. The number of amides is 2. The standard InChI is InChI=1S/C24H26N4O2S/c25-23(29)19-10-6-12-28(15-19)14-18-9-4-5-11-20(18)27-24(30)21-16-31-22(26-21)13-17-7-2-1-3-8-17/h1-5,7-9,11,16,19H,6,10,12-15H2,(H2,25,29)(H,27,30). The van der Waals surface area contributed by atoms with E-state index in [9.17, 15) is 9.59 Å². The van der Waals surface area contributed by atoms with Gasteiger partial charge in [0, 0.05) is 30.6 Å². The van der Waals surface area contributed by atoms with E-state index in [1.165, 1.54) is 16.9 Å². The smallest absolute Gasteiger partial charge is 0.275 e. The van der Waals surface area contributed by atoms with Gasteiger partial charge in [-0.1, -0.05) is 48.5 Å². The largest absolute Gasteiger partial charge is 0.369 e. The molecule has 1 aromatic heterocycles. The highest BCUT2D eigenvalue weighted by molar-refractivity contribution is 7.09. The van der Waals surface area contributed by atoms with Crippen LogP contribution in [-0.4, -0.2) is 34.8 Å². The molecular weight excluding hydrogens is 408 g/mol. The Hall–Kier alpha value is -3.03. The van der Waals surface area contributed by atoms with Crippen LogP contribution in [0.5, 0.6) is 0 Å². The van der Waals surface area contributed by atoms with Crippen molar-refractivity contribution in [3.05, 3.63) is 81.8 Å². The van der Waals surface area contributed by atoms with Gasteiger partial charge in [-0.15, -0.1) is 11.3 Å². The molecule has 2 aromatic carbocycles. The average molecular weight is 435 g/mol. The zero-order valence-electron chi connectivity index (χ0n) is 17.3. The van der Waals surface area contributed by atoms with Gasteiger partial charge in [-0.3, -0.25) is 14.5 Å². The Kier molecular flexibility index (Phi) is 6.74. The molecule has 0 radical (unpaired) electrons. The van der Waals surface area contributed by atoms with Crippen molar-refractivity contribution in [2.24, 2.45) is 11.7 Å². The molecule has 1 saturated heterocycles. The maximum absolute atomic E-state index is 12.8. The Balaban J connectivity index is 1.42. The Morgan fingerprint density at radius 3 is 2.71 bits per heavy atom. The lowest BCUT2D eigenvalue weighted by molar-refractivity contribution is -0.123. The summed E-state index contributed by atoms with van der Waals surface area (Å²) in [5.74, 6) is -0.550. The van der Waals surface area contributed by atoms with Crippen molar-refractivity contribution in [3.63, 3.8) is 0 Å². The Morgan fingerprint density at radius 1 is 1.13 bits per heavy atom. The third kappa shape index (κ3) is 5.57. The van der Waals surface area contributed by atoms with Crippen molar-refractivity contribution in [3.8, 4) is 0 Å². The monoisotopic (exact) mass is 434 g/mol. The molecular formula is C24H26N4O2S. The topological polar surface area (TPSA) is 88.3 Å². The molecule has 1 atom stereocenters. The molecule has 6 nitrogen and oxygen atoms in total. The van der Waals surface area contributed by atoms with Crippen LogP contribution in [0.3, 0.4) is 0 Å². The number of hydrogen-bond donors (Lipinski definition) is 2. The van der Waals surface area contributed by atoms with Crippen LogP contribution in [0.1, 0.15) is 39.5 Å². The minimum atomic E-state index is -0.235. The number of piperidine rings is 1. The zero-order chi connectivity index (χ0) is 21.6. The lowest BCUT2D eigenvalue weighted by atomic mass is 9.97. The molecule has 2 amide bonds. The van der Waals surface area contributed by atoms with Gasteiger partial charge in [0.1, 0.15) is 5.69 Å². The molecule has 0 spiro atoms. The number of anilines is 1. The van der Waals surface area contributed by atoms with Gasteiger partial charge >= 0.3 is 0 Å². The van der Waals surface area contributed by atoms with Gasteiger partial charge in [0.25, 0.3) is 5.91 Å². The van der Waals surface area contributed by atoms with Crippen LogP contribution in [-0.2, 0) is 17.8 Å². The van der Waals surface area contributed by atoms with E-state index in [-0.39, 0.29) is 17.7 Å². The fourth-order valence-electron chi connectivity index (χ4n) is 3.91. The average Bonchev–Trinajstić information content (AvgIpc) is 3.25. The number of nitrogens with zero attached hydrogens (tertiary/aromatic N) is 2. The second kappa shape index (κ2) is 9.85. The number of nitrogens with two attached hydrogens (primary N) is 1. The second-order valence-corrected chi connectivity index (χ2v) is 8.82. The molecule has 0 aliphatic carbocycles. The molecule has 2 heterocycles. The van der Waals surface area contributed by atoms with Crippen molar-refractivity contribution in [1.82, 2.24) is 9.88 Å². The quantitative estimate of drug-likeness (QED) is 0.594. The minimum Gasteiger partial charge on any atom is -0.369 e. The van der Waals surface area contributed by atoms with Gasteiger partial charge in [-0.25, -0.2) is 4.98 Å². The van der Waals surface area contributed by atoms with Gasteiger partial charge < -0.3 is 11.1 Å². The molecule has 31 heavy (non-hydrogen) atoms. The summed E-state index contributed by atoms with van der Waals surface area (Å²) in [6, 6.07) is 17.9. The normalized spacial score (nSPS) is 16.7. The summed E-state index contributed by atoms with van der Waals surface area (Å²) < 4.78 is 0. The first-order valence-electron chi connectivity index (χ1n) is 10.5. The van der Waals surface area contributed by atoms with E-state index in [2.05, 4.69) is 27.3 Å². The van der Waals surface area contributed by atoms with Gasteiger partial charge in [0.15, 0.2) is 0 Å². The number of nitrogens with one attached hydrogen (secondary N) is 1.